The monoisotopic (exact) mass is 468 g/mol. The van der Waals surface area contributed by atoms with E-state index < -0.39 is 10.0 Å². The van der Waals surface area contributed by atoms with Crippen molar-refractivity contribution in [1.29, 1.82) is 0 Å². The number of ether oxygens (including phenoxy) is 3. The molecule has 1 heterocycles. The lowest BCUT2D eigenvalue weighted by molar-refractivity contribution is -0.123. The number of rotatable bonds is 8. The summed E-state index contributed by atoms with van der Waals surface area (Å²) in [6.45, 7) is 4.13. The number of anilines is 1. The van der Waals surface area contributed by atoms with Crippen LogP contribution in [0.4, 0.5) is 5.69 Å². The van der Waals surface area contributed by atoms with E-state index in [0.717, 1.165) is 16.7 Å². The molecule has 0 saturated heterocycles. The van der Waals surface area contributed by atoms with E-state index in [1.165, 1.54) is 24.3 Å². The van der Waals surface area contributed by atoms with Crippen molar-refractivity contribution in [1.82, 2.24) is 5.32 Å². The van der Waals surface area contributed by atoms with Crippen molar-refractivity contribution in [2.24, 2.45) is 0 Å². The maximum atomic E-state index is 12.7. The third-order valence-electron chi connectivity index (χ3n) is 4.90. The fourth-order valence-corrected chi connectivity index (χ4v) is 4.45. The first-order valence-electron chi connectivity index (χ1n) is 10.3. The minimum atomic E-state index is -3.74. The third-order valence-corrected chi connectivity index (χ3v) is 6.30. The highest BCUT2D eigenvalue weighted by Gasteiger charge is 2.16. The predicted octanol–water partition coefficient (Wildman–Crippen LogP) is 3.53. The van der Waals surface area contributed by atoms with E-state index in [1.54, 1.807) is 18.2 Å². The van der Waals surface area contributed by atoms with Gasteiger partial charge in [-0.25, -0.2) is 8.42 Å². The van der Waals surface area contributed by atoms with E-state index in [2.05, 4.69) is 10.0 Å². The van der Waals surface area contributed by atoms with Gasteiger partial charge in [-0.2, -0.15) is 0 Å². The molecule has 0 fully saturated rings. The standard InChI is InChI=1S/C24H24N2O6S/c1-16-9-17(2)11-19(10-16)26-33(28,29)21-6-4-20(5-7-21)30-14-24(27)25-13-18-3-8-22-23(12-18)32-15-31-22/h3-12,26H,13-15H2,1-2H3,(H,25,27). The van der Waals surface area contributed by atoms with Crippen LogP contribution in [0.15, 0.2) is 65.6 Å². The van der Waals surface area contributed by atoms with Crippen LogP contribution in [0.25, 0.3) is 0 Å². The lowest BCUT2D eigenvalue weighted by atomic mass is 10.1. The zero-order valence-electron chi connectivity index (χ0n) is 18.3. The summed E-state index contributed by atoms with van der Waals surface area (Å²) >= 11 is 0. The topological polar surface area (TPSA) is 103 Å². The second-order valence-electron chi connectivity index (χ2n) is 7.71. The van der Waals surface area contributed by atoms with Crippen LogP contribution in [0, 0.1) is 13.8 Å². The van der Waals surface area contributed by atoms with E-state index in [-0.39, 0.29) is 24.2 Å². The van der Waals surface area contributed by atoms with Crippen LogP contribution in [0.5, 0.6) is 17.2 Å². The molecule has 0 bridgehead atoms. The van der Waals surface area contributed by atoms with Gasteiger partial charge in [-0.05, 0) is 79.1 Å². The molecule has 1 amide bonds. The van der Waals surface area contributed by atoms with Crippen molar-refractivity contribution < 1.29 is 27.4 Å². The Bertz CT molecular complexity index is 1250. The Morgan fingerprint density at radius 1 is 0.939 bits per heavy atom. The van der Waals surface area contributed by atoms with E-state index >= 15 is 0 Å². The maximum Gasteiger partial charge on any atom is 0.261 e. The predicted molar refractivity (Wildman–Crippen MR) is 123 cm³/mol. The van der Waals surface area contributed by atoms with Crippen molar-refractivity contribution in [3.63, 3.8) is 0 Å². The SMILES string of the molecule is Cc1cc(C)cc(NS(=O)(=O)c2ccc(OCC(=O)NCc3ccc4c(c3)OCO4)cc2)c1. The van der Waals surface area contributed by atoms with Gasteiger partial charge in [0, 0.05) is 12.2 Å². The van der Waals surface area contributed by atoms with Crippen LogP contribution in [0.1, 0.15) is 16.7 Å². The molecule has 0 aliphatic carbocycles. The zero-order valence-corrected chi connectivity index (χ0v) is 19.1. The van der Waals surface area contributed by atoms with Gasteiger partial charge in [0.15, 0.2) is 18.1 Å². The van der Waals surface area contributed by atoms with Crippen LogP contribution < -0.4 is 24.2 Å². The van der Waals surface area contributed by atoms with Crippen molar-refractivity contribution >= 4 is 21.6 Å². The van der Waals surface area contributed by atoms with E-state index in [0.29, 0.717) is 29.5 Å². The maximum absolute atomic E-state index is 12.7. The minimum absolute atomic E-state index is 0.0984. The number of carbonyl (C=O) groups is 1. The summed E-state index contributed by atoms with van der Waals surface area (Å²) < 4.78 is 44.0. The Balaban J connectivity index is 1.29. The first-order valence-corrected chi connectivity index (χ1v) is 11.8. The Morgan fingerprint density at radius 2 is 1.64 bits per heavy atom. The van der Waals surface area contributed by atoms with Gasteiger partial charge in [-0.1, -0.05) is 12.1 Å². The summed E-state index contributed by atoms with van der Waals surface area (Å²) in [7, 11) is -3.74. The Hall–Kier alpha value is -3.72. The number of hydrogen-bond acceptors (Lipinski definition) is 6. The van der Waals surface area contributed by atoms with E-state index in [9.17, 15) is 13.2 Å². The Labute approximate surface area is 192 Å². The van der Waals surface area contributed by atoms with Crippen LogP contribution in [0.2, 0.25) is 0 Å². The number of aryl methyl sites for hydroxylation is 2. The average Bonchev–Trinajstić information content (AvgIpc) is 3.23. The molecule has 1 aliphatic rings. The molecule has 33 heavy (non-hydrogen) atoms. The highest BCUT2D eigenvalue weighted by molar-refractivity contribution is 7.92. The fourth-order valence-electron chi connectivity index (χ4n) is 3.41. The molecule has 0 spiro atoms. The van der Waals surface area contributed by atoms with E-state index in [4.69, 9.17) is 14.2 Å². The fraction of sp³-hybridized carbons (Fsp3) is 0.208. The molecule has 3 aromatic carbocycles. The number of hydrogen-bond donors (Lipinski definition) is 2. The van der Waals surface area contributed by atoms with Gasteiger partial charge in [0.1, 0.15) is 5.75 Å². The molecule has 4 rings (SSSR count). The third kappa shape index (κ3) is 5.75. The number of benzene rings is 3. The zero-order chi connectivity index (χ0) is 23.4. The van der Waals surface area contributed by atoms with Crippen LogP contribution in [-0.2, 0) is 21.4 Å². The summed E-state index contributed by atoms with van der Waals surface area (Å²) in [5.74, 6) is 1.42. The van der Waals surface area contributed by atoms with Crippen molar-refractivity contribution in [3.05, 3.63) is 77.4 Å². The number of fused-ring (bicyclic) bond motifs is 1. The lowest BCUT2D eigenvalue weighted by Gasteiger charge is -2.11. The van der Waals surface area contributed by atoms with Crippen LogP contribution >= 0.6 is 0 Å². The molecule has 172 valence electrons. The second kappa shape index (κ2) is 9.41. The smallest absolute Gasteiger partial charge is 0.261 e. The summed E-state index contributed by atoms with van der Waals surface area (Å²) in [5, 5.41) is 2.77. The molecule has 8 nitrogen and oxygen atoms in total. The normalized spacial score (nSPS) is 12.3. The summed E-state index contributed by atoms with van der Waals surface area (Å²) in [4.78, 5) is 12.2. The van der Waals surface area contributed by atoms with Gasteiger partial charge in [0.25, 0.3) is 15.9 Å². The van der Waals surface area contributed by atoms with Gasteiger partial charge in [-0.15, -0.1) is 0 Å². The molecule has 3 aromatic rings. The molecule has 2 N–H and O–H groups in total. The molecule has 9 heteroatoms. The Morgan fingerprint density at radius 3 is 2.36 bits per heavy atom. The first kappa shape index (κ1) is 22.5. The molecule has 0 unspecified atom stereocenters. The molecule has 0 aromatic heterocycles. The minimum Gasteiger partial charge on any atom is -0.484 e. The molecule has 0 atom stereocenters. The van der Waals surface area contributed by atoms with Gasteiger partial charge in [0.05, 0.1) is 4.90 Å². The van der Waals surface area contributed by atoms with Crippen LogP contribution in [0.3, 0.4) is 0 Å². The summed E-state index contributed by atoms with van der Waals surface area (Å²) in [6, 6.07) is 16.9. The highest BCUT2D eigenvalue weighted by atomic mass is 32.2. The number of nitrogens with one attached hydrogen (secondary N) is 2. The van der Waals surface area contributed by atoms with Gasteiger partial charge >= 0.3 is 0 Å². The average molecular weight is 469 g/mol. The lowest BCUT2D eigenvalue weighted by Crippen LogP contribution is -2.28. The van der Waals surface area contributed by atoms with Gasteiger partial charge < -0.3 is 19.5 Å². The quantitative estimate of drug-likeness (QED) is 0.524. The van der Waals surface area contributed by atoms with Crippen molar-refractivity contribution in [2.45, 2.75) is 25.3 Å². The largest absolute Gasteiger partial charge is 0.484 e. The molecule has 0 radical (unpaired) electrons. The Kier molecular flexibility index (Phi) is 6.41. The second-order valence-corrected chi connectivity index (χ2v) is 9.39. The molecule has 1 aliphatic heterocycles. The van der Waals surface area contributed by atoms with Gasteiger partial charge in [-0.3, -0.25) is 9.52 Å². The first-order chi connectivity index (χ1) is 15.8. The molecular weight excluding hydrogens is 444 g/mol. The highest BCUT2D eigenvalue weighted by Crippen LogP contribution is 2.32. The van der Waals surface area contributed by atoms with Gasteiger partial charge in [0.2, 0.25) is 6.79 Å². The van der Waals surface area contributed by atoms with Crippen molar-refractivity contribution in [3.8, 4) is 17.2 Å². The van der Waals surface area contributed by atoms with Crippen LogP contribution in [-0.4, -0.2) is 27.7 Å². The van der Waals surface area contributed by atoms with E-state index in [1.807, 2.05) is 32.0 Å². The van der Waals surface area contributed by atoms with Crippen molar-refractivity contribution in [2.75, 3.05) is 18.1 Å². The number of sulfonamides is 1. The summed E-state index contributed by atoms with van der Waals surface area (Å²) in [6.07, 6.45) is 0. The number of carbonyl (C=O) groups excluding carboxylic acids is 1. The molecular formula is C24H24N2O6S. The molecule has 0 saturated carbocycles. The number of amides is 1. The summed E-state index contributed by atoms with van der Waals surface area (Å²) in [5.41, 5.74) is 3.31.